The zero-order valence-corrected chi connectivity index (χ0v) is 14.2. The van der Waals surface area contributed by atoms with E-state index in [0.29, 0.717) is 5.88 Å². The molecule has 0 aliphatic carbocycles. The number of hydrogen-bond donors (Lipinski definition) is 1. The van der Waals surface area contributed by atoms with Gasteiger partial charge in [-0.25, -0.2) is 4.68 Å². The molecule has 8 heteroatoms. The fraction of sp³-hybridized carbons (Fsp3) is 0.375. The Morgan fingerprint density at radius 2 is 2.00 bits per heavy atom. The number of nitrogens with one attached hydrogen (secondary N) is 1. The second-order valence-corrected chi connectivity index (χ2v) is 5.54. The van der Waals surface area contributed by atoms with Crippen molar-refractivity contribution in [2.24, 2.45) is 7.05 Å². The summed E-state index contributed by atoms with van der Waals surface area (Å²) in [4.78, 5) is 29.2. The molecule has 0 saturated heterocycles. The SMILES string of the molecule is C[C@H](NC(=O)c1cc(OCC(=O)N(C)C)n(C)n1)c1ccncc1. The summed E-state index contributed by atoms with van der Waals surface area (Å²) in [5.74, 6) is -0.135. The maximum atomic E-state index is 12.3. The molecule has 0 unspecified atom stereocenters. The minimum Gasteiger partial charge on any atom is -0.468 e. The fourth-order valence-corrected chi connectivity index (χ4v) is 1.97. The van der Waals surface area contributed by atoms with Gasteiger partial charge in [-0.05, 0) is 24.6 Å². The summed E-state index contributed by atoms with van der Waals surface area (Å²) >= 11 is 0. The summed E-state index contributed by atoms with van der Waals surface area (Å²) in [6.45, 7) is 1.77. The van der Waals surface area contributed by atoms with Crippen molar-refractivity contribution < 1.29 is 14.3 Å². The molecule has 128 valence electrons. The molecule has 2 heterocycles. The van der Waals surface area contributed by atoms with Gasteiger partial charge in [0.05, 0.1) is 6.04 Å². The number of pyridine rings is 1. The van der Waals surface area contributed by atoms with Gasteiger partial charge in [0.1, 0.15) is 0 Å². The van der Waals surface area contributed by atoms with Gasteiger partial charge in [0.15, 0.2) is 12.3 Å². The van der Waals surface area contributed by atoms with E-state index in [2.05, 4.69) is 15.4 Å². The van der Waals surface area contributed by atoms with Crippen LogP contribution in [0.2, 0.25) is 0 Å². The molecule has 0 saturated carbocycles. The number of aromatic nitrogens is 3. The zero-order chi connectivity index (χ0) is 17.7. The number of carbonyl (C=O) groups is 2. The average molecular weight is 331 g/mol. The molecule has 1 atom stereocenters. The molecular formula is C16H21N5O3. The largest absolute Gasteiger partial charge is 0.468 e. The topological polar surface area (TPSA) is 89.4 Å². The van der Waals surface area contributed by atoms with E-state index in [0.717, 1.165) is 5.56 Å². The molecule has 0 aliphatic rings. The van der Waals surface area contributed by atoms with E-state index in [-0.39, 0.29) is 30.2 Å². The van der Waals surface area contributed by atoms with Gasteiger partial charge in [-0.1, -0.05) is 0 Å². The van der Waals surface area contributed by atoms with E-state index in [9.17, 15) is 9.59 Å². The minimum atomic E-state index is -0.316. The molecule has 2 aromatic rings. The Morgan fingerprint density at radius 1 is 1.33 bits per heavy atom. The van der Waals surface area contributed by atoms with Gasteiger partial charge in [0, 0.05) is 39.6 Å². The van der Waals surface area contributed by atoms with Crippen LogP contribution in [0.1, 0.15) is 29.0 Å². The van der Waals surface area contributed by atoms with Crippen LogP contribution in [-0.2, 0) is 11.8 Å². The van der Waals surface area contributed by atoms with Crippen LogP contribution >= 0.6 is 0 Å². The van der Waals surface area contributed by atoms with Crippen molar-refractivity contribution in [3.63, 3.8) is 0 Å². The Morgan fingerprint density at radius 3 is 2.62 bits per heavy atom. The molecule has 0 aromatic carbocycles. The van der Waals surface area contributed by atoms with Gasteiger partial charge in [-0.15, -0.1) is 0 Å². The quantitative estimate of drug-likeness (QED) is 0.844. The lowest BCUT2D eigenvalue weighted by Crippen LogP contribution is -2.27. The number of carbonyl (C=O) groups excluding carboxylic acids is 2. The molecule has 0 fully saturated rings. The van der Waals surface area contributed by atoms with Crippen molar-refractivity contribution in [3.8, 4) is 5.88 Å². The molecule has 2 amide bonds. The number of ether oxygens (including phenoxy) is 1. The first kappa shape index (κ1) is 17.5. The first-order valence-corrected chi connectivity index (χ1v) is 7.46. The Bertz CT molecular complexity index is 712. The number of rotatable bonds is 6. The molecule has 2 rings (SSSR count). The van der Waals surface area contributed by atoms with Gasteiger partial charge >= 0.3 is 0 Å². The zero-order valence-electron chi connectivity index (χ0n) is 14.2. The number of amides is 2. The Hall–Kier alpha value is -2.90. The maximum Gasteiger partial charge on any atom is 0.272 e. The summed E-state index contributed by atoms with van der Waals surface area (Å²) < 4.78 is 6.83. The van der Waals surface area contributed by atoms with Crippen LogP contribution in [0.25, 0.3) is 0 Å². The third-order valence-corrected chi connectivity index (χ3v) is 3.47. The molecule has 0 bridgehead atoms. The van der Waals surface area contributed by atoms with E-state index >= 15 is 0 Å². The van der Waals surface area contributed by atoms with E-state index in [1.807, 2.05) is 19.1 Å². The molecule has 2 aromatic heterocycles. The molecule has 0 radical (unpaired) electrons. The highest BCUT2D eigenvalue weighted by Crippen LogP contribution is 2.15. The van der Waals surface area contributed by atoms with E-state index in [4.69, 9.17) is 4.74 Å². The van der Waals surface area contributed by atoms with Gasteiger partial charge in [0.2, 0.25) is 5.88 Å². The van der Waals surface area contributed by atoms with E-state index in [1.54, 1.807) is 33.5 Å². The van der Waals surface area contributed by atoms with Crippen molar-refractivity contribution in [2.45, 2.75) is 13.0 Å². The minimum absolute atomic E-state index is 0.110. The fourth-order valence-electron chi connectivity index (χ4n) is 1.97. The van der Waals surface area contributed by atoms with Crippen molar-refractivity contribution in [3.05, 3.63) is 41.9 Å². The summed E-state index contributed by atoms with van der Waals surface area (Å²) in [7, 11) is 4.95. The Kier molecular flexibility index (Phi) is 5.51. The Labute approximate surface area is 140 Å². The monoisotopic (exact) mass is 331 g/mol. The lowest BCUT2D eigenvalue weighted by Gasteiger charge is -2.12. The van der Waals surface area contributed by atoms with Crippen molar-refractivity contribution in [2.75, 3.05) is 20.7 Å². The number of nitrogens with zero attached hydrogens (tertiary/aromatic N) is 4. The summed E-state index contributed by atoms with van der Waals surface area (Å²) in [6.07, 6.45) is 3.35. The number of aryl methyl sites for hydroxylation is 1. The molecule has 8 nitrogen and oxygen atoms in total. The van der Waals surface area contributed by atoms with Crippen LogP contribution < -0.4 is 10.1 Å². The van der Waals surface area contributed by atoms with Gasteiger partial charge in [0.25, 0.3) is 11.8 Å². The van der Waals surface area contributed by atoms with Crippen LogP contribution in [-0.4, -0.2) is 52.2 Å². The van der Waals surface area contributed by atoms with Crippen LogP contribution in [0.5, 0.6) is 5.88 Å². The second-order valence-electron chi connectivity index (χ2n) is 5.54. The maximum absolute atomic E-state index is 12.3. The smallest absolute Gasteiger partial charge is 0.272 e. The van der Waals surface area contributed by atoms with Gasteiger partial charge in [-0.2, -0.15) is 5.10 Å². The molecular weight excluding hydrogens is 310 g/mol. The number of likely N-dealkylation sites (N-methyl/N-ethyl adjacent to an activating group) is 1. The van der Waals surface area contributed by atoms with Gasteiger partial charge < -0.3 is 15.0 Å². The highest BCUT2D eigenvalue weighted by molar-refractivity contribution is 5.92. The molecule has 0 aliphatic heterocycles. The lowest BCUT2D eigenvalue weighted by atomic mass is 10.1. The predicted octanol–water partition coefficient (Wildman–Crippen LogP) is 0.773. The van der Waals surface area contributed by atoms with Gasteiger partial charge in [-0.3, -0.25) is 14.6 Å². The van der Waals surface area contributed by atoms with Crippen molar-refractivity contribution in [1.29, 1.82) is 0 Å². The lowest BCUT2D eigenvalue weighted by molar-refractivity contribution is -0.130. The van der Waals surface area contributed by atoms with E-state index in [1.165, 1.54) is 15.6 Å². The third kappa shape index (κ3) is 4.31. The van der Waals surface area contributed by atoms with Crippen molar-refractivity contribution in [1.82, 2.24) is 25.0 Å². The normalized spacial score (nSPS) is 11.7. The molecule has 0 spiro atoms. The Balaban J connectivity index is 2.00. The van der Waals surface area contributed by atoms with E-state index < -0.39 is 0 Å². The summed E-state index contributed by atoms with van der Waals surface area (Å²) in [5.41, 5.74) is 1.17. The third-order valence-electron chi connectivity index (χ3n) is 3.47. The molecule has 24 heavy (non-hydrogen) atoms. The first-order chi connectivity index (χ1) is 11.4. The summed E-state index contributed by atoms with van der Waals surface area (Å²) in [6, 6.07) is 5.01. The van der Waals surface area contributed by atoms with Crippen LogP contribution in [0.15, 0.2) is 30.6 Å². The van der Waals surface area contributed by atoms with Crippen LogP contribution in [0, 0.1) is 0 Å². The predicted molar refractivity (Wildman–Crippen MR) is 87.5 cm³/mol. The van der Waals surface area contributed by atoms with Crippen LogP contribution in [0.4, 0.5) is 0 Å². The standard InChI is InChI=1S/C16H21N5O3/c1-11(12-5-7-17-8-6-12)18-16(23)13-9-15(21(4)19-13)24-10-14(22)20(2)3/h5-9,11H,10H2,1-4H3,(H,18,23)/t11-/m0/s1. The highest BCUT2D eigenvalue weighted by Gasteiger charge is 2.17. The highest BCUT2D eigenvalue weighted by atomic mass is 16.5. The molecule has 1 N–H and O–H groups in total. The average Bonchev–Trinajstić information content (AvgIpc) is 2.94. The van der Waals surface area contributed by atoms with Crippen molar-refractivity contribution >= 4 is 11.8 Å². The summed E-state index contributed by atoms with van der Waals surface area (Å²) in [5, 5.41) is 6.99. The first-order valence-electron chi connectivity index (χ1n) is 7.46. The number of hydrogen-bond acceptors (Lipinski definition) is 5. The second kappa shape index (κ2) is 7.58. The van der Waals surface area contributed by atoms with Crippen LogP contribution in [0.3, 0.4) is 0 Å².